The zero-order valence-electron chi connectivity index (χ0n) is 9.86. The molecule has 0 radical (unpaired) electrons. The molecule has 1 aromatic rings. The molecule has 0 saturated heterocycles. The first kappa shape index (κ1) is 11.6. The van der Waals surface area contributed by atoms with E-state index in [4.69, 9.17) is 5.11 Å². The van der Waals surface area contributed by atoms with Gasteiger partial charge >= 0.3 is 5.97 Å². The molecular formula is C13H16N2O2. The molecule has 0 bridgehead atoms. The van der Waals surface area contributed by atoms with Crippen molar-refractivity contribution in [3.8, 4) is 0 Å². The van der Waals surface area contributed by atoms with Gasteiger partial charge in [0.25, 0.3) is 0 Å². The van der Waals surface area contributed by atoms with Crippen molar-refractivity contribution in [3.05, 3.63) is 29.3 Å². The Hall–Kier alpha value is -1.84. The topological polar surface area (TPSA) is 61.7 Å². The first-order chi connectivity index (χ1) is 8.18. The zero-order chi connectivity index (χ0) is 12.3. The summed E-state index contributed by atoms with van der Waals surface area (Å²) in [6.07, 6.45) is 4.56. The summed E-state index contributed by atoms with van der Waals surface area (Å²) < 4.78 is 0. The first-order valence-electron chi connectivity index (χ1n) is 5.83. The van der Waals surface area contributed by atoms with Crippen molar-refractivity contribution in [2.75, 3.05) is 5.43 Å². The summed E-state index contributed by atoms with van der Waals surface area (Å²) in [5, 5.41) is 12.6. The van der Waals surface area contributed by atoms with Crippen LogP contribution in [0.3, 0.4) is 0 Å². The Bertz CT molecular complexity index is 466. The van der Waals surface area contributed by atoms with Crippen LogP contribution in [-0.4, -0.2) is 16.8 Å². The highest BCUT2D eigenvalue weighted by molar-refractivity contribution is 6.34. The van der Waals surface area contributed by atoms with E-state index in [0.717, 1.165) is 18.5 Å². The molecule has 4 heteroatoms. The number of hydrogen-bond acceptors (Lipinski definition) is 3. The largest absolute Gasteiger partial charge is 0.477 e. The van der Waals surface area contributed by atoms with E-state index in [1.165, 1.54) is 30.9 Å². The van der Waals surface area contributed by atoms with Gasteiger partial charge in [-0.3, -0.25) is 5.43 Å². The molecule has 0 heterocycles. The smallest absolute Gasteiger partial charge is 0.351 e. The van der Waals surface area contributed by atoms with Gasteiger partial charge in [0.1, 0.15) is 5.71 Å². The van der Waals surface area contributed by atoms with Gasteiger partial charge in [-0.1, -0.05) is 12.1 Å². The van der Waals surface area contributed by atoms with Gasteiger partial charge < -0.3 is 5.11 Å². The average molecular weight is 232 g/mol. The minimum Gasteiger partial charge on any atom is -0.477 e. The predicted octanol–water partition coefficient (Wildman–Crippen LogP) is 2.44. The lowest BCUT2D eigenvalue weighted by Gasteiger charge is -2.18. The van der Waals surface area contributed by atoms with Crippen LogP contribution in [0.4, 0.5) is 5.69 Å². The number of nitrogens with zero attached hydrogens (tertiary/aromatic N) is 1. The summed E-state index contributed by atoms with van der Waals surface area (Å²) in [6.45, 7) is 1.48. The number of aryl methyl sites for hydroxylation is 1. The lowest BCUT2D eigenvalue weighted by molar-refractivity contribution is -0.129. The second-order valence-electron chi connectivity index (χ2n) is 4.26. The van der Waals surface area contributed by atoms with Crippen LogP contribution in [0.1, 0.15) is 30.9 Å². The number of carboxylic acids is 1. The highest BCUT2D eigenvalue weighted by Gasteiger charge is 2.12. The molecule has 90 valence electrons. The van der Waals surface area contributed by atoms with E-state index in [-0.39, 0.29) is 5.71 Å². The molecule has 0 unspecified atom stereocenters. The third-order valence-corrected chi connectivity index (χ3v) is 3.05. The maximum atomic E-state index is 10.6. The third-order valence-electron chi connectivity index (χ3n) is 3.05. The van der Waals surface area contributed by atoms with E-state index in [2.05, 4.69) is 16.6 Å². The Morgan fingerprint density at radius 2 is 2.12 bits per heavy atom. The van der Waals surface area contributed by atoms with Gasteiger partial charge in [0.2, 0.25) is 0 Å². The molecule has 17 heavy (non-hydrogen) atoms. The van der Waals surface area contributed by atoms with Crippen LogP contribution in [0, 0.1) is 0 Å². The first-order valence-corrected chi connectivity index (χ1v) is 5.83. The van der Waals surface area contributed by atoms with Crippen LogP contribution in [-0.2, 0) is 17.6 Å². The summed E-state index contributed by atoms with van der Waals surface area (Å²) in [4.78, 5) is 10.6. The average Bonchev–Trinajstić information content (AvgIpc) is 2.35. The zero-order valence-corrected chi connectivity index (χ0v) is 9.86. The number of hydrogen-bond donors (Lipinski definition) is 2. The summed E-state index contributed by atoms with van der Waals surface area (Å²) in [5.74, 6) is -0.998. The molecule has 0 aliphatic heterocycles. The van der Waals surface area contributed by atoms with Crippen LogP contribution in [0.15, 0.2) is 23.3 Å². The van der Waals surface area contributed by atoms with E-state index >= 15 is 0 Å². The number of carbonyl (C=O) groups is 1. The van der Waals surface area contributed by atoms with Crippen LogP contribution in [0.5, 0.6) is 0 Å². The van der Waals surface area contributed by atoms with Crippen molar-refractivity contribution in [1.29, 1.82) is 0 Å². The Kier molecular flexibility index (Phi) is 3.42. The highest BCUT2D eigenvalue weighted by atomic mass is 16.4. The highest BCUT2D eigenvalue weighted by Crippen LogP contribution is 2.27. The summed E-state index contributed by atoms with van der Waals surface area (Å²) in [6, 6.07) is 6.06. The maximum Gasteiger partial charge on any atom is 0.351 e. The molecule has 2 rings (SSSR count). The van der Waals surface area contributed by atoms with Crippen molar-refractivity contribution in [2.24, 2.45) is 5.10 Å². The predicted molar refractivity (Wildman–Crippen MR) is 67.5 cm³/mol. The van der Waals surface area contributed by atoms with Gasteiger partial charge in [-0.05, 0) is 49.8 Å². The van der Waals surface area contributed by atoms with Gasteiger partial charge in [0, 0.05) is 0 Å². The van der Waals surface area contributed by atoms with E-state index in [9.17, 15) is 4.79 Å². The number of rotatable bonds is 3. The number of benzene rings is 1. The van der Waals surface area contributed by atoms with Gasteiger partial charge in [0.15, 0.2) is 0 Å². The minimum atomic E-state index is -0.998. The molecule has 1 aromatic carbocycles. The Morgan fingerprint density at radius 3 is 2.88 bits per heavy atom. The van der Waals surface area contributed by atoms with E-state index < -0.39 is 5.97 Å². The van der Waals surface area contributed by atoms with E-state index in [1.807, 2.05) is 12.1 Å². The van der Waals surface area contributed by atoms with Crippen LogP contribution < -0.4 is 5.43 Å². The number of nitrogens with one attached hydrogen (secondary N) is 1. The number of hydrazone groups is 1. The maximum absolute atomic E-state index is 10.6. The van der Waals surface area contributed by atoms with E-state index in [0.29, 0.717) is 0 Å². The fourth-order valence-corrected chi connectivity index (χ4v) is 2.08. The fraction of sp³-hybridized carbons (Fsp3) is 0.385. The Labute approximate surface area is 100 Å². The third kappa shape index (κ3) is 2.64. The molecule has 1 aliphatic rings. The quantitative estimate of drug-likeness (QED) is 0.621. The SMILES string of the molecule is CC(=NNc1cccc2c1CCCC2)C(=O)O. The van der Waals surface area contributed by atoms with Crippen molar-refractivity contribution < 1.29 is 9.90 Å². The standard InChI is InChI=1S/C13H16N2O2/c1-9(13(16)17)14-15-12-8-4-6-10-5-2-3-7-11(10)12/h4,6,8,15H,2-3,5,7H2,1H3,(H,16,17). The Morgan fingerprint density at radius 1 is 1.35 bits per heavy atom. The van der Waals surface area contributed by atoms with Crippen molar-refractivity contribution in [1.82, 2.24) is 0 Å². The molecule has 0 amide bonds. The van der Waals surface area contributed by atoms with Crippen molar-refractivity contribution in [3.63, 3.8) is 0 Å². The molecule has 0 fully saturated rings. The summed E-state index contributed by atoms with van der Waals surface area (Å²) in [5.41, 5.74) is 6.49. The lowest BCUT2D eigenvalue weighted by atomic mass is 9.91. The van der Waals surface area contributed by atoms with Gasteiger partial charge in [-0.2, -0.15) is 5.10 Å². The number of fused-ring (bicyclic) bond motifs is 1. The van der Waals surface area contributed by atoms with E-state index in [1.54, 1.807) is 0 Å². The lowest BCUT2D eigenvalue weighted by Crippen LogP contribution is -2.11. The van der Waals surface area contributed by atoms with Crippen molar-refractivity contribution in [2.45, 2.75) is 32.6 Å². The second-order valence-corrected chi connectivity index (χ2v) is 4.26. The molecule has 0 aromatic heterocycles. The summed E-state index contributed by atoms with van der Waals surface area (Å²) >= 11 is 0. The van der Waals surface area contributed by atoms with Crippen molar-refractivity contribution >= 4 is 17.4 Å². The minimum absolute atomic E-state index is 0.0680. The monoisotopic (exact) mass is 232 g/mol. The van der Waals surface area contributed by atoms with Gasteiger partial charge in [-0.25, -0.2) is 4.79 Å². The number of carboxylic acid groups (broad SMARTS) is 1. The normalized spacial score (nSPS) is 15.2. The van der Waals surface area contributed by atoms with Crippen LogP contribution >= 0.6 is 0 Å². The second kappa shape index (κ2) is 4.99. The van der Waals surface area contributed by atoms with Crippen LogP contribution in [0.2, 0.25) is 0 Å². The fourth-order valence-electron chi connectivity index (χ4n) is 2.08. The molecule has 4 nitrogen and oxygen atoms in total. The molecule has 0 saturated carbocycles. The van der Waals surface area contributed by atoms with Gasteiger partial charge in [-0.15, -0.1) is 0 Å². The number of aliphatic carboxylic acids is 1. The van der Waals surface area contributed by atoms with Gasteiger partial charge in [0.05, 0.1) is 5.69 Å². The molecule has 2 N–H and O–H groups in total. The molecular weight excluding hydrogens is 216 g/mol. The number of anilines is 1. The molecule has 1 aliphatic carbocycles. The van der Waals surface area contributed by atoms with Crippen LogP contribution in [0.25, 0.3) is 0 Å². The summed E-state index contributed by atoms with van der Waals surface area (Å²) in [7, 11) is 0. The Balaban J connectivity index is 2.22. The molecule has 0 atom stereocenters. The molecule has 0 spiro atoms.